The standard InChI is InChI=1S/C14H17BrN2O3/c1-2-20-13(19)14(5-3-4-6-14)17-12(18)10-7-11(15)9-16-8-10/h7-9H,2-6H2,1H3,(H,17,18). The van der Waals surface area contributed by atoms with Crippen molar-refractivity contribution in [2.75, 3.05) is 6.61 Å². The van der Waals surface area contributed by atoms with E-state index in [2.05, 4.69) is 26.2 Å². The fourth-order valence-corrected chi connectivity index (χ4v) is 2.82. The van der Waals surface area contributed by atoms with Crippen molar-refractivity contribution in [2.24, 2.45) is 0 Å². The summed E-state index contributed by atoms with van der Waals surface area (Å²) in [5, 5.41) is 2.85. The number of rotatable bonds is 4. The molecule has 1 saturated carbocycles. The number of aromatic nitrogens is 1. The molecule has 1 aliphatic carbocycles. The van der Waals surface area contributed by atoms with Gasteiger partial charge in [-0.3, -0.25) is 9.78 Å². The summed E-state index contributed by atoms with van der Waals surface area (Å²) in [6.07, 6.45) is 6.16. The zero-order chi connectivity index (χ0) is 14.6. The van der Waals surface area contributed by atoms with E-state index in [4.69, 9.17) is 4.74 Å². The molecule has 1 aromatic rings. The van der Waals surface area contributed by atoms with Crippen molar-refractivity contribution in [3.05, 3.63) is 28.5 Å². The van der Waals surface area contributed by atoms with Crippen LogP contribution in [0.4, 0.5) is 0 Å². The quantitative estimate of drug-likeness (QED) is 0.855. The molecule has 0 saturated heterocycles. The van der Waals surface area contributed by atoms with Crippen molar-refractivity contribution in [3.8, 4) is 0 Å². The molecule has 1 aromatic heterocycles. The Morgan fingerprint density at radius 1 is 1.40 bits per heavy atom. The largest absolute Gasteiger partial charge is 0.464 e. The topological polar surface area (TPSA) is 68.3 Å². The lowest BCUT2D eigenvalue weighted by molar-refractivity contribution is -0.150. The summed E-state index contributed by atoms with van der Waals surface area (Å²) in [5.41, 5.74) is -0.454. The summed E-state index contributed by atoms with van der Waals surface area (Å²) in [7, 11) is 0. The van der Waals surface area contributed by atoms with E-state index in [9.17, 15) is 9.59 Å². The smallest absolute Gasteiger partial charge is 0.331 e. The second-order valence-electron chi connectivity index (χ2n) is 4.86. The molecule has 0 radical (unpaired) electrons. The van der Waals surface area contributed by atoms with Crippen molar-refractivity contribution in [1.82, 2.24) is 10.3 Å². The van der Waals surface area contributed by atoms with Gasteiger partial charge in [-0.15, -0.1) is 0 Å². The first-order valence-electron chi connectivity index (χ1n) is 6.68. The van der Waals surface area contributed by atoms with Crippen LogP contribution >= 0.6 is 15.9 Å². The number of nitrogens with one attached hydrogen (secondary N) is 1. The van der Waals surface area contributed by atoms with Gasteiger partial charge in [0.2, 0.25) is 0 Å². The minimum Gasteiger partial charge on any atom is -0.464 e. The maximum atomic E-state index is 12.3. The highest BCUT2D eigenvalue weighted by atomic mass is 79.9. The molecular weight excluding hydrogens is 324 g/mol. The fraction of sp³-hybridized carbons (Fsp3) is 0.500. The molecule has 0 unspecified atom stereocenters. The molecule has 1 heterocycles. The normalized spacial score (nSPS) is 16.7. The van der Waals surface area contributed by atoms with Crippen LogP contribution in [-0.4, -0.2) is 29.0 Å². The number of hydrogen-bond donors (Lipinski definition) is 1. The number of ether oxygens (including phenoxy) is 1. The van der Waals surface area contributed by atoms with E-state index < -0.39 is 5.54 Å². The van der Waals surface area contributed by atoms with Crippen LogP contribution in [0.1, 0.15) is 43.0 Å². The molecule has 0 spiro atoms. The van der Waals surface area contributed by atoms with E-state index in [0.29, 0.717) is 25.0 Å². The summed E-state index contributed by atoms with van der Waals surface area (Å²) in [6, 6.07) is 1.68. The Morgan fingerprint density at radius 3 is 2.70 bits per heavy atom. The fourth-order valence-electron chi connectivity index (χ4n) is 2.45. The van der Waals surface area contributed by atoms with Crippen molar-refractivity contribution in [3.63, 3.8) is 0 Å². The van der Waals surface area contributed by atoms with Crippen LogP contribution in [0.2, 0.25) is 0 Å². The van der Waals surface area contributed by atoms with Crippen LogP contribution in [0.15, 0.2) is 22.9 Å². The lowest BCUT2D eigenvalue weighted by Gasteiger charge is -2.27. The van der Waals surface area contributed by atoms with Gasteiger partial charge in [0, 0.05) is 16.9 Å². The van der Waals surface area contributed by atoms with Crippen LogP contribution in [-0.2, 0) is 9.53 Å². The highest BCUT2D eigenvalue weighted by molar-refractivity contribution is 9.10. The van der Waals surface area contributed by atoms with E-state index in [1.54, 1.807) is 19.2 Å². The summed E-state index contributed by atoms with van der Waals surface area (Å²) in [5.74, 6) is -0.637. The average Bonchev–Trinajstić information content (AvgIpc) is 2.89. The van der Waals surface area contributed by atoms with E-state index in [0.717, 1.165) is 17.3 Å². The number of carbonyl (C=O) groups is 2. The van der Waals surface area contributed by atoms with Crippen molar-refractivity contribution < 1.29 is 14.3 Å². The maximum Gasteiger partial charge on any atom is 0.331 e. The van der Waals surface area contributed by atoms with Gasteiger partial charge in [-0.25, -0.2) is 4.79 Å². The predicted octanol–water partition coefficient (Wildman–Crippen LogP) is 2.45. The summed E-state index contributed by atoms with van der Waals surface area (Å²) in [6.45, 7) is 2.08. The first-order valence-corrected chi connectivity index (χ1v) is 7.47. The molecule has 20 heavy (non-hydrogen) atoms. The van der Waals surface area contributed by atoms with E-state index in [-0.39, 0.29) is 11.9 Å². The molecule has 0 atom stereocenters. The van der Waals surface area contributed by atoms with Crippen molar-refractivity contribution >= 4 is 27.8 Å². The minimum absolute atomic E-state index is 0.297. The molecule has 1 N–H and O–H groups in total. The van der Waals surface area contributed by atoms with Gasteiger partial charge >= 0.3 is 5.97 Å². The third kappa shape index (κ3) is 3.17. The molecule has 5 nitrogen and oxygen atoms in total. The monoisotopic (exact) mass is 340 g/mol. The first kappa shape index (κ1) is 15.0. The number of hydrogen-bond acceptors (Lipinski definition) is 4. The van der Waals surface area contributed by atoms with Crippen LogP contribution in [0.25, 0.3) is 0 Å². The Morgan fingerprint density at radius 2 is 2.10 bits per heavy atom. The second-order valence-corrected chi connectivity index (χ2v) is 5.77. The predicted molar refractivity (Wildman–Crippen MR) is 77.2 cm³/mol. The zero-order valence-corrected chi connectivity index (χ0v) is 12.9. The van der Waals surface area contributed by atoms with Gasteiger partial charge in [0.15, 0.2) is 0 Å². The molecule has 0 aliphatic heterocycles. The molecule has 1 amide bonds. The Balaban J connectivity index is 2.16. The van der Waals surface area contributed by atoms with Gasteiger partial charge in [-0.2, -0.15) is 0 Å². The Hall–Kier alpha value is -1.43. The third-order valence-electron chi connectivity index (χ3n) is 3.44. The van der Waals surface area contributed by atoms with Crippen molar-refractivity contribution in [2.45, 2.75) is 38.1 Å². The summed E-state index contributed by atoms with van der Waals surface area (Å²) in [4.78, 5) is 28.4. The molecule has 0 aromatic carbocycles. The number of esters is 1. The lowest BCUT2D eigenvalue weighted by atomic mass is 9.97. The zero-order valence-electron chi connectivity index (χ0n) is 11.3. The van der Waals surface area contributed by atoms with E-state index in [1.807, 2.05) is 0 Å². The van der Waals surface area contributed by atoms with Gasteiger partial charge in [-0.05, 0) is 41.8 Å². The molecule has 2 rings (SSSR count). The van der Waals surface area contributed by atoms with Gasteiger partial charge in [0.25, 0.3) is 5.91 Å². The lowest BCUT2D eigenvalue weighted by Crippen LogP contribution is -2.53. The highest BCUT2D eigenvalue weighted by Crippen LogP contribution is 2.31. The molecule has 1 fully saturated rings. The second kappa shape index (κ2) is 6.35. The summed E-state index contributed by atoms with van der Waals surface area (Å²) >= 11 is 3.28. The van der Waals surface area contributed by atoms with Gasteiger partial charge in [0.05, 0.1) is 12.2 Å². The number of amides is 1. The molecule has 108 valence electrons. The average molecular weight is 341 g/mol. The maximum absolute atomic E-state index is 12.3. The van der Waals surface area contributed by atoms with Gasteiger partial charge < -0.3 is 10.1 Å². The third-order valence-corrected chi connectivity index (χ3v) is 3.88. The molecule has 1 aliphatic rings. The van der Waals surface area contributed by atoms with Crippen LogP contribution in [0, 0.1) is 0 Å². The minimum atomic E-state index is -0.880. The SMILES string of the molecule is CCOC(=O)C1(NC(=O)c2cncc(Br)c2)CCCC1. The highest BCUT2D eigenvalue weighted by Gasteiger charge is 2.43. The first-order chi connectivity index (χ1) is 9.57. The Bertz CT molecular complexity index is 513. The van der Waals surface area contributed by atoms with Crippen LogP contribution in [0.5, 0.6) is 0 Å². The Kier molecular flexibility index (Phi) is 4.75. The number of halogens is 1. The van der Waals surface area contributed by atoms with Gasteiger partial charge in [-0.1, -0.05) is 12.8 Å². The Labute approximate surface area is 126 Å². The number of carbonyl (C=O) groups excluding carboxylic acids is 2. The van der Waals surface area contributed by atoms with Crippen LogP contribution in [0.3, 0.4) is 0 Å². The van der Waals surface area contributed by atoms with E-state index in [1.165, 1.54) is 6.20 Å². The summed E-state index contributed by atoms with van der Waals surface area (Å²) < 4.78 is 5.83. The molecule has 6 heteroatoms. The molecule has 0 bridgehead atoms. The van der Waals surface area contributed by atoms with E-state index >= 15 is 0 Å². The molecular formula is C14H17BrN2O3. The van der Waals surface area contributed by atoms with Crippen molar-refractivity contribution in [1.29, 1.82) is 0 Å². The number of nitrogens with zero attached hydrogens (tertiary/aromatic N) is 1. The van der Waals surface area contributed by atoms with Crippen LogP contribution < -0.4 is 5.32 Å². The van der Waals surface area contributed by atoms with Gasteiger partial charge in [0.1, 0.15) is 5.54 Å². The number of pyridine rings is 1.